The fourth-order valence-electron chi connectivity index (χ4n) is 1.67. The van der Waals surface area contributed by atoms with Gasteiger partial charge in [0, 0.05) is 5.02 Å². The molecule has 0 aliphatic rings. The summed E-state index contributed by atoms with van der Waals surface area (Å²) in [6.07, 6.45) is 0. The summed E-state index contributed by atoms with van der Waals surface area (Å²) in [5.74, 6) is -0.694. The Morgan fingerprint density at radius 2 is 1.90 bits per heavy atom. The van der Waals surface area contributed by atoms with Crippen LogP contribution in [0.25, 0.3) is 0 Å². The van der Waals surface area contributed by atoms with Crippen molar-refractivity contribution in [1.82, 2.24) is 0 Å². The van der Waals surface area contributed by atoms with Gasteiger partial charge in [0.05, 0.1) is 21.3 Å². The van der Waals surface area contributed by atoms with Crippen LogP contribution in [0.1, 0.15) is 15.9 Å². The number of carbonyl (C=O) groups excluding carboxylic acids is 1. The van der Waals surface area contributed by atoms with Gasteiger partial charge < -0.3 is 10.4 Å². The first kappa shape index (κ1) is 15.0. The van der Waals surface area contributed by atoms with Crippen molar-refractivity contribution in [3.05, 3.63) is 56.5 Å². The highest BCUT2D eigenvalue weighted by Crippen LogP contribution is 2.35. The standard InChI is InChI=1S/C14H10Cl3NO2/c1-7-3-2-4-9(12(7)17)14(20)18-11-6-8(15)5-10(16)13(11)19/h2-6,19H,1H3,(H,18,20). The van der Waals surface area contributed by atoms with Gasteiger partial charge in [0.2, 0.25) is 0 Å². The highest BCUT2D eigenvalue weighted by molar-refractivity contribution is 6.37. The van der Waals surface area contributed by atoms with Crippen LogP contribution >= 0.6 is 34.8 Å². The molecule has 3 nitrogen and oxygen atoms in total. The van der Waals surface area contributed by atoms with Gasteiger partial charge in [0.1, 0.15) is 0 Å². The molecule has 2 N–H and O–H groups in total. The van der Waals surface area contributed by atoms with Crippen molar-refractivity contribution in [3.63, 3.8) is 0 Å². The number of hydrogen-bond acceptors (Lipinski definition) is 2. The van der Waals surface area contributed by atoms with E-state index in [9.17, 15) is 9.90 Å². The van der Waals surface area contributed by atoms with E-state index in [2.05, 4.69) is 5.32 Å². The molecule has 20 heavy (non-hydrogen) atoms. The Labute approximate surface area is 131 Å². The second-order valence-corrected chi connectivity index (χ2v) is 5.40. The van der Waals surface area contributed by atoms with Crippen LogP contribution < -0.4 is 5.32 Å². The molecule has 0 heterocycles. The molecule has 104 valence electrons. The highest BCUT2D eigenvalue weighted by Gasteiger charge is 2.15. The van der Waals surface area contributed by atoms with Crippen LogP contribution in [0, 0.1) is 6.92 Å². The maximum absolute atomic E-state index is 12.2. The summed E-state index contributed by atoms with van der Waals surface area (Å²) in [5, 5.41) is 13.1. The molecule has 0 atom stereocenters. The SMILES string of the molecule is Cc1cccc(C(=O)Nc2cc(Cl)cc(Cl)c2O)c1Cl. The first-order valence-corrected chi connectivity index (χ1v) is 6.78. The average Bonchev–Trinajstić information content (AvgIpc) is 2.38. The lowest BCUT2D eigenvalue weighted by Gasteiger charge is -2.11. The molecule has 1 amide bonds. The number of nitrogens with one attached hydrogen (secondary N) is 1. The smallest absolute Gasteiger partial charge is 0.257 e. The normalized spacial score (nSPS) is 10.4. The number of phenolic OH excluding ortho intramolecular Hbond substituents is 1. The Balaban J connectivity index is 2.35. The Kier molecular flexibility index (Phi) is 4.43. The van der Waals surface area contributed by atoms with E-state index >= 15 is 0 Å². The molecule has 0 bridgehead atoms. The third kappa shape index (κ3) is 3.01. The van der Waals surface area contributed by atoms with Crippen LogP contribution in [0.5, 0.6) is 5.75 Å². The van der Waals surface area contributed by atoms with E-state index in [1.807, 2.05) is 0 Å². The Morgan fingerprint density at radius 3 is 2.60 bits per heavy atom. The van der Waals surface area contributed by atoms with E-state index in [1.165, 1.54) is 12.1 Å². The van der Waals surface area contributed by atoms with Gasteiger partial charge in [-0.3, -0.25) is 4.79 Å². The lowest BCUT2D eigenvalue weighted by atomic mass is 10.1. The second kappa shape index (κ2) is 5.92. The molecule has 0 aliphatic heterocycles. The monoisotopic (exact) mass is 329 g/mol. The Hall–Kier alpha value is -1.42. The Bertz CT molecular complexity index is 686. The van der Waals surface area contributed by atoms with Gasteiger partial charge in [0.25, 0.3) is 5.91 Å². The van der Waals surface area contributed by atoms with Crippen molar-refractivity contribution < 1.29 is 9.90 Å². The molecule has 0 saturated heterocycles. The fraction of sp³-hybridized carbons (Fsp3) is 0.0714. The molecule has 0 radical (unpaired) electrons. The number of aromatic hydroxyl groups is 1. The van der Waals surface area contributed by atoms with Crippen LogP contribution in [0.15, 0.2) is 30.3 Å². The molecular formula is C14H10Cl3NO2. The van der Waals surface area contributed by atoms with Crippen molar-refractivity contribution in [3.8, 4) is 5.75 Å². The van der Waals surface area contributed by atoms with Crippen LogP contribution in [0.2, 0.25) is 15.1 Å². The minimum absolute atomic E-state index is 0.0585. The largest absolute Gasteiger partial charge is 0.504 e. The van der Waals surface area contributed by atoms with Gasteiger partial charge in [-0.1, -0.05) is 46.9 Å². The van der Waals surface area contributed by atoms with Crippen molar-refractivity contribution in [2.75, 3.05) is 5.32 Å². The maximum Gasteiger partial charge on any atom is 0.257 e. The van der Waals surface area contributed by atoms with Gasteiger partial charge >= 0.3 is 0 Å². The predicted octanol–water partition coefficient (Wildman–Crippen LogP) is 4.91. The zero-order valence-corrected chi connectivity index (χ0v) is 12.6. The van der Waals surface area contributed by atoms with E-state index in [0.717, 1.165) is 5.56 Å². The number of phenols is 1. The van der Waals surface area contributed by atoms with E-state index in [4.69, 9.17) is 34.8 Å². The fourth-order valence-corrected chi connectivity index (χ4v) is 2.38. The lowest BCUT2D eigenvalue weighted by molar-refractivity contribution is 0.102. The molecule has 2 rings (SSSR count). The average molecular weight is 331 g/mol. The summed E-state index contributed by atoms with van der Waals surface area (Å²) in [6.45, 7) is 1.80. The Morgan fingerprint density at radius 1 is 1.20 bits per heavy atom. The number of rotatable bonds is 2. The highest BCUT2D eigenvalue weighted by atomic mass is 35.5. The molecule has 0 saturated carbocycles. The van der Waals surface area contributed by atoms with Crippen molar-refractivity contribution in [2.24, 2.45) is 0 Å². The topological polar surface area (TPSA) is 49.3 Å². The lowest BCUT2D eigenvalue weighted by Crippen LogP contribution is -2.13. The summed E-state index contributed by atoms with van der Waals surface area (Å²) in [4.78, 5) is 12.2. The van der Waals surface area contributed by atoms with Crippen molar-refractivity contribution in [2.45, 2.75) is 6.92 Å². The minimum Gasteiger partial charge on any atom is -0.504 e. The maximum atomic E-state index is 12.2. The number of aryl methyl sites for hydroxylation is 1. The molecule has 2 aromatic carbocycles. The summed E-state index contributed by atoms with van der Waals surface area (Å²) >= 11 is 17.7. The second-order valence-electron chi connectivity index (χ2n) is 4.17. The summed E-state index contributed by atoms with van der Waals surface area (Å²) in [6, 6.07) is 7.90. The van der Waals surface area contributed by atoms with Gasteiger partial charge in [0.15, 0.2) is 5.75 Å². The molecule has 0 aliphatic carbocycles. The predicted molar refractivity (Wildman–Crippen MR) is 82.3 cm³/mol. The van der Waals surface area contributed by atoms with Crippen molar-refractivity contribution >= 4 is 46.4 Å². The van der Waals surface area contributed by atoms with E-state index in [1.54, 1.807) is 25.1 Å². The van der Waals surface area contributed by atoms with E-state index < -0.39 is 5.91 Å². The first-order valence-electron chi connectivity index (χ1n) is 5.64. The van der Waals surface area contributed by atoms with Gasteiger partial charge in [-0.25, -0.2) is 0 Å². The van der Waals surface area contributed by atoms with Crippen LogP contribution in [-0.4, -0.2) is 11.0 Å². The molecule has 0 aromatic heterocycles. The zero-order chi connectivity index (χ0) is 14.9. The van der Waals surface area contributed by atoms with Crippen LogP contribution in [-0.2, 0) is 0 Å². The summed E-state index contributed by atoms with van der Waals surface area (Å²) in [5.41, 5.74) is 1.22. The van der Waals surface area contributed by atoms with E-state index in [0.29, 0.717) is 15.6 Å². The van der Waals surface area contributed by atoms with E-state index in [-0.39, 0.29) is 16.5 Å². The number of anilines is 1. The number of benzene rings is 2. The number of amides is 1. The third-order valence-electron chi connectivity index (χ3n) is 2.71. The minimum atomic E-state index is -0.452. The van der Waals surface area contributed by atoms with Gasteiger partial charge in [-0.15, -0.1) is 0 Å². The van der Waals surface area contributed by atoms with Crippen LogP contribution in [0.3, 0.4) is 0 Å². The van der Waals surface area contributed by atoms with Crippen molar-refractivity contribution in [1.29, 1.82) is 0 Å². The third-order valence-corrected chi connectivity index (χ3v) is 3.72. The molecular weight excluding hydrogens is 321 g/mol. The number of halogens is 3. The first-order chi connectivity index (χ1) is 9.40. The van der Waals surface area contributed by atoms with Gasteiger partial charge in [-0.05, 0) is 30.7 Å². The van der Waals surface area contributed by atoms with Crippen LogP contribution in [0.4, 0.5) is 5.69 Å². The zero-order valence-electron chi connectivity index (χ0n) is 10.4. The quantitative estimate of drug-likeness (QED) is 0.768. The molecule has 0 fully saturated rings. The summed E-state index contributed by atoms with van der Waals surface area (Å²) < 4.78 is 0. The number of carbonyl (C=O) groups is 1. The molecule has 6 heteroatoms. The molecule has 0 spiro atoms. The number of hydrogen-bond donors (Lipinski definition) is 2. The van der Waals surface area contributed by atoms with Gasteiger partial charge in [-0.2, -0.15) is 0 Å². The molecule has 2 aromatic rings. The summed E-state index contributed by atoms with van der Waals surface area (Å²) in [7, 11) is 0. The molecule has 0 unspecified atom stereocenters.